The van der Waals surface area contributed by atoms with Gasteiger partial charge in [0.1, 0.15) is 0 Å². The van der Waals surface area contributed by atoms with E-state index in [1.165, 1.54) is 11.1 Å². The average molecular weight is 290 g/mol. The molecule has 0 radical (unpaired) electrons. The monoisotopic (exact) mass is 290 g/mol. The summed E-state index contributed by atoms with van der Waals surface area (Å²) in [5, 5.41) is 0. The Bertz CT molecular complexity index is 698. The number of nitrogens with one attached hydrogen (secondary N) is 1. The minimum Gasteiger partial charge on any atom is -0.378 e. The molecule has 2 aromatic rings. The molecule has 4 heteroatoms. The molecule has 1 aromatic heterocycles. The van der Waals surface area contributed by atoms with E-state index < -0.39 is 0 Å². The van der Waals surface area contributed by atoms with Gasteiger partial charge in [-0.2, -0.15) is 0 Å². The van der Waals surface area contributed by atoms with Crippen LogP contribution >= 0.6 is 12.2 Å². The second kappa shape index (κ2) is 4.71. The molecule has 3 nitrogen and oxygen atoms in total. The quantitative estimate of drug-likeness (QED) is 0.850. The predicted molar refractivity (Wildman–Crippen MR) is 84.7 cm³/mol. The van der Waals surface area contributed by atoms with Gasteiger partial charge in [0.05, 0.1) is 17.1 Å². The molecule has 0 bridgehead atoms. The van der Waals surface area contributed by atoms with Crippen molar-refractivity contribution in [1.82, 2.24) is 9.55 Å². The molecule has 1 N–H and O–H groups in total. The first-order valence-corrected chi connectivity index (χ1v) is 7.69. The molecular formula is C16H22N2OS. The van der Waals surface area contributed by atoms with E-state index in [4.69, 9.17) is 17.0 Å². The number of H-pyrrole nitrogens is 1. The molecule has 1 heterocycles. The second-order valence-corrected chi connectivity index (χ2v) is 6.67. The number of para-hydroxylation sites is 1. The average Bonchev–Trinajstić information content (AvgIpc) is 2.71. The van der Waals surface area contributed by atoms with Crippen molar-refractivity contribution in [3.8, 4) is 0 Å². The Hall–Kier alpha value is -1.13. The van der Waals surface area contributed by atoms with Gasteiger partial charge in [-0.05, 0) is 44.1 Å². The van der Waals surface area contributed by atoms with Gasteiger partial charge >= 0.3 is 0 Å². The van der Waals surface area contributed by atoms with E-state index in [0.717, 1.165) is 23.3 Å². The molecule has 2 unspecified atom stereocenters. The van der Waals surface area contributed by atoms with Crippen LogP contribution in [0, 0.1) is 17.1 Å². The summed E-state index contributed by atoms with van der Waals surface area (Å²) in [7, 11) is 0. The molecule has 1 aliphatic rings. The van der Waals surface area contributed by atoms with E-state index >= 15 is 0 Å². The third kappa shape index (κ3) is 1.85. The fourth-order valence-corrected chi connectivity index (χ4v) is 3.77. The van der Waals surface area contributed by atoms with Gasteiger partial charge in [-0.25, -0.2) is 0 Å². The van der Waals surface area contributed by atoms with Crippen molar-refractivity contribution in [3.05, 3.63) is 28.5 Å². The summed E-state index contributed by atoms with van der Waals surface area (Å²) in [4.78, 5) is 3.34. The molecule has 0 amide bonds. The van der Waals surface area contributed by atoms with Crippen molar-refractivity contribution in [2.75, 3.05) is 6.61 Å². The van der Waals surface area contributed by atoms with Crippen molar-refractivity contribution in [2.45, 2.75) is 46.3 Å². The van der Waals surface area contributed by atoms with Crippen LogP contribution in [0.4, 0.5) is 0 Å². The minimum atomic E-state index is 0.117. The highest BCUT2D eigenvalue weighted by atomic mass is 32.1. The van der Waals surface area contributed by atoms with E-state index in [0.29, 0.717) is 12.1 Å². The molecule has 3 rings (SSSR count). The van der Waals surface area contributed by atoms with Crippen LogP contribution in [0.25, 0.3) is 11.0 Å². The Morgan fingerprint density at radius 2 is 2.20 bits per heavy atom. The van der Waals surface area contributed by atoms with Gasteiger partial charge in [0, 0.05) is 18.1 Å². The van der Waals surface area contributed by atoms with Crippen molar-refractivity contribution in [2.24, 2.45) is 5.41 Å². The van der Waals surface area contributed by atoms with Gasteiger partial charge < -0.3 is 14.3 Å². The molecule has 0 saturated heterocycles. The number of aryl methyl sites for hydroxylation is 1. The summed E-state index contributed by atoms with van der Waals surface area (Å²) in [6.07, 6.45) is 1.37. The molecule has 1 aromatic carbocycles. The summed E-state index contributed by atoms with van der Waals surface area (Å²) in [6, 6.07) is 6.72. The SMILES string of the molecule is CCOC1CC(n2c(=S)[nH]c3cccc(C)c32)C1(C)C. The lowest BCUT2D eigenvalue weighted by Crippen LogP contribution is -2.51. The first-order valence-electron chi connectivity index (χ1n) is 7.28. The highest BCUT2D eigenvalue weighted by Gasteiger charge is 2.50. The van der Waals surface area contributed by atoms with E-state index in [9.17, 15) is 0 Å². The summed E-state index contributed by atoms with van der Waals surface area (Å²) < 4.78 is 8.97. The van der Waals surface area contributed by atoms with Crippen LogP contribution in [0.1, 0.15) is 38.8 Å². The van der Waals surface area contributed by atoms with E-state index in [1.54, 1.807) is 0 Å². The molecular weight excluding hydrogens is 268 g/mol. The van der Waals surface area contributed by atoms with Crippen LogP contribution in [0.2, 0.25) is 0 Å². The van der Waals surface area contributed by atoms with E-state index in [-0.39, 0.29) is 5.41 Å². The van der Waals surface area contributed by atoms with Gasteiger partial charge in [-0.1, -0.05) is 26.0 Å². The third-order valence-electron chi connectivity index (χ3n) is 4.74. The van der Waals surface area contributed by atoms with Crippen molar-refractivity contribution >= 4 is 23.3 Å². The normalized spacial score (nSPS) is 24.8. The van der Waals surface area contributed by atoms with Gasteiger partial charge in [0.25, 0.3) is 0 Å². The predicted octanol–water partition coefficient (Wildman–Crippen LogP) is 4.38. The fraction of sp³-hybridized carbons (Fsp3) is 0.562. The molecule has 0 spiro atoms. The standard InChI is InChI=1S/C16H22N2OS/c1-5-19-13-9-12(16(13,3)4)18-14-10(2)7-6-8-11(14)17-15(18)20/h6-8,12-13H,5,9H2,1-4H3,(H,17,20). The highest BCUT2D eigenvalue weighted by Crippen LogP contribution is 2.52. The number of ether oxygens (including phenoxy) is 1. The lowest BCUT2D eigenvalue weighted by atomic mass is 9.64. The Morgan fingerprint density at radius 3 is 2.85 bits per heavy atom. The summed E-state index contributed by atoms with van der Waals surface area (Å²) in [5.74, 6) is 0. The molecule has 20 heavy (non-hydrogen) atoms. The lowest BCUT2D eigenvalue weighted by Gasteiger charge is -2.52. The van der Waals surface area contributed by atoms with Gasteiger partial charge in [0.15, 0.2) is 4.77 Å². The number of rotatable bonds is 3. The minimum absolute atomic E-state index is 0.117. The largest absolute Gasteiger partial charge is 0.378 e. The molecule has 1 aliphatic carbocycles. The van der Waals surface area contributed by atoms with Crippen molar-refractivity contribution in [1.29, 1.82) is 0 Å². The van der Waals surface area contributed by atoms with Gasteiger partial charge in [-0.15, -0.1) is 0 Å². The molecule has 2 atom stereocenters. The maximum atomic E-state index is 5.85. The lowest BCUT2D eigenvalue weighted by molar-refractivity contribution is -0.127. The Balaban J connectivity index is 2.09. The van der Waals surface area contributed by atoms with Crippen LogP contribution in [0.5, 0.6) is 0 Å². The number of benzene rings is 1. The van der Waals surface area contributed by atoms with Crippen LogP contribution in [-0.4, -0.2) is 22.3 Å². The fourth-order valence-electron chi connectivity index (χ4n) is 3.44. The number of aromatic amines is 1. The van der Waals surface area contributed by atoms with Crippen molar-refractivity contribution in [3.63, 3.8) is 0 Å². The summed E-state index contributed by atoms with van der Waals surface area (Å²) >= 11 is 5.56. The first-order chi connectivity index (χ1) is 9.46. The Kier molecular flexibility index (Phi) is 3.26. The number of imidazole rings is 1. The van der Waals surface area contributed by atoms with Gasteiger partial charge in [0.2, 0.25) is 0 Å². The van der Waals surface area contributed by atoms with Crippen LogP contribution in [0.15, 0.2) is 18.2 Å². The van der Waals surface area contributed by atoms with Crippen LogP contribution in [0.3, 0.4) is 0 Å². The Morgan fingerprint density at radius 1 is 1.45 bits per heavy atom. The van der Waals surface area contributed by atoms with E-state index in [1.807, 2.05) is 0 Å². The highest BCUT2D eigenvalue weighted by molar-refractivity contribution is 7.71. The topological polar surface area (TPSA) is 29.9 Å². The zero-order chi connectivity index (χ0) is 14.5. The van der Waals surface area contributed by atoms with Crippen LogP contribution < -0.4 is 0 Å². The first kappa shape index (κ1) is 13.8. The number of hydrogen-bond donors (Lipinski definition) is 1. The molecule has 1 saturated carbocycles. The Labute approximate surface area is 125 Å². The zero-order valence-corrected chi connectivity index (χ0v) is 13.4. The maximum Gasteiger partial charge on any atom is 0.178 e. The van der Waals surface area contributed by atoms with Crippen LogP contribution in [-0.2, 0) is 4.74 Å². The second-order valence-electron chi connectivity index (χ2n) is 6.29. The zero-order valence-electron chi connectivity index (χ0n) is 12.6. The summed E-state index contributed by atoms with van der Waals surface area (Å²) in [6.45, 7) is 9.54. The van der Waals surface area contributed by atoms with Gasteiger partial charge in [-0.3, -0.25) is 0 Å². The molecule has 1 fully saturated rings. The number of fused-ring (bicyclic) bond motifs is 1. The third-order valence-corrected chi connectivity index (χ3v) is 5.04. The van der Waals surface area contributed by atoms with Crippen molar-refractivity contribution < 1.29 is 4.74 Å². The molecule has 0 aliphatic heterocycles. The number of hydrogen-bond acceptors (Lipinski definition) is 2. The van der Waals surface area contributed by atoms with E-state index in [2.05, 4.69) is 55.4 Å². The molecule has 108 valence electrons. The smallest absolute Gasteiger partial charge is 0.178 e. The summed E-state index contributed by atoms with van der Waals surface area (Å²) in [5.41, 5.74) is 3.76. The number of aromatic nitrogens is 2. The number of nitrogens with zero attached hydrogens (tertiary/aromatic N) is 1. The maximum absolute atomic E-state index is 5.85.